The summed E-state index contributed by atoms with van der Waals surface area (Å²) in [7, 11) is -2.12. The lowest BCUT2D eigenvalue weighted by Gasteiger charge is -2.06. The molecule has 0 fully saturated rings. The average molecular weight is 450 g/mol. The maximum Gasteiger partial charge on any atom is 0.304 e. The molecule has 2 atom stereocenters. The fourth-order valence-corrected chi connectivity index (χ4v) is 6.08. The Labute approximate surface area is 182 Å². The van der Waals surface area contributed by atoms with Crippen molar-refractivity contribution in [1.82, 2.24) is 4.98 Å². The summed E-state index contributed by atoms with van der Waals surface area (Å²) in [6.07, 6.45) is 1.59. The van der Waals surface area contributed by atoms with Gasteiger partial charge in [-0.2, -0.15) is 5.26 Å². The molecule has 0 aliphatic heterocycles. The molecular weight excluding hydrogens is 432 g/mol. The number of para-hydroxylation sites is 1. The highest BCUT2D eigenvalue weighted by molar-refractivity contribution is 7.84. The Kier molecular flexibility index (Phi) is 5.42. The van der Waals surface area contributed by atoms with Gasteiger partial charge in [-0.15, -0.1) is 0 Å². The van der Waals surface area contributed by atoms with Crippen LogP contribution < -0.4 is 16.6 Å². The van der Waals surface area contributed by atoms with Gasteiger partial charge in [-0.3, -0.25) is 18.8 Å². The van der Waals surface area contributed by atoms with Crippen LogP contribution in [0.5, 0.6) is 0 Å². The Balaban J connectivity index is 2.02. The predicted octanol–water partition coefficient (Wildman–Crippen LogP) is 3.72. The Morgan fingerprint density at radius 2 is 1.84 bits per heavy atom. The number of nitriles is 1. The van der Waals surface area contributed by atoms with Gasteiger partial charge in [-0.1, -0.05) is 12.1 Å². The van der Waals surface area contributed by atoms with Crippen LogP contribution in [-0.4, -0.2) is 21.4 Å². The second kappa shape index (κ2) is 8.18. The average Bonchev–Trinajstić information content (AvgIpc) is 3.07. The second-order valence-corrected chi connectivity index (χ2v) is 9.93. The molecule has 0 aliphatic carbocycles. The summed E-state index contributed by atoms with van der Waals surface area (Å²) < 4.78 is 11.8. The van der Waals surface area contributed by atoms with Crippen molar-refractivity contribution in [2.75, 3.05) is 11.6 Å². The molecule has 1 amide bonds. The van der Waals surface area contributed by atoms with Gasteiger partial charge in [0.15, 0.2) is 4.90 Å². The topological polar surface area (TPSA) is 129 Å². The van der Waals surface area contributed by atoms with Gasteiger partial charge in [-0.05, 0) is 42.5 Å². The lowest BCUT2D eigenvalue weighted by atomic mass is 10.1. The van der Waals surface area contributed by atoms with E-state index in [9.17, 15) is 19.1 Å². The first-order valence-corrected chi connectivity index (χ1v) is 11.9. The number of pyridine rings is 1. The minimum absolute atomic E-state index is 0.301. The van der Waals surface area contributed by atoms with Crippen LogP contribution in [0.15, 0.2) is 70.4 Å². The maximum atomic E-state index is 12.6. The van der Waals surface area contributed by atoms with E-state index in [0.717, 1.165) is 4.90 Å². The van der Waals surface area contributed by atoms with Crippen molar-refractivity contribution in [2.45, 2.75) is 4.90 Å². The number of aromatic amines is 1. The van der Waals surface area contributed by atoms with E-state index < -0.39 is 27.2 Å². The number of carbonyl (C=O) groups excluding carboxylic acids is 1. The van der Waals surface area contributed by atoms with Gasteiger partial charge in [0.05, 0.1) is 27.1 Å². The van der Waals surface area contributed by atoms with Crippen LogP contribution in [0.2, 0.25) is 0 Å². The Morgan fingerprint density at radius 3 is 2.48 bits per heavy atom. The number of thiophene rings is 1. The van der Waals surface area contributed by atoms with Gasteiger partial charge in [-0.25, -0.2) is 0 Å². The zero-order chi connectivity index (χ0) is 22.1. The van der Waals surface area contributed by atoms with E-state index >= 15 is 0 Å². The van der Waals surface area contributed by atoms with Gasteiger partial charge in [0, 0.05) is 28.0 Å². The van der Waals surface area contributed by atoms with Crippen molar-refractivity contribution < 1.29 is 9.00 Å². The van der Waals surface area contributed by atoms with Crippen LogP contribution in [0, 0.1) is 11.3 Å². The number of primary amides is 1. The zero-order valence-corrected chi connectivity index (χ0v) is 18.0. The summed E-state index contributed by atoms with van der Waals surface area (Å²) in [5.41, 5.74) is 6.89. The van der Waals surface area contributed by atoms with Crippen LogP contribution in [0.4, 0.5) is 11.4 Å². The molecule has 0 bridgehead atoms. The quantitative estimate of drug-likeness (QED) is 0.400. The number of hydrogen-bond donors (Lipinski definition) is 3. The number of nitrogens with zero attached hydrogens (tertiary/aromatic N) is 1. The number of rotatable bonds is 5. The minimum atomic E-state index is -1.14. The number of H-pyrrole nitrogens is 1. The van der Waals surface area contributed by atoms with Crippen LogP contribution in [0.1, 0.15) is 15.2 Å². The minimum Gasteiger partial charge on any atom is -0.361 e. The number of carbonyl (C=O) groups is 1. The summed E-state index contributed by atoms with van der Waals surface area (Å²) in [6.45, 7) is 0. The number of nitrogens with two attached hydrogens (primary N) is 1. The van der Waals surface area contributed by atoms with Crippen LogP contribution >= 0.6 is 10.5 Å². The number of nitrogens with one attached hydrogen (secondary N) is 2. The molecule has 4 aromatic rings. The number of benzene rings is 2. The third-order valence-corrected chi connectivity index (χ3v) is 7.93. The normalized spacial score (nSPS) is 12.3. The van der Waals surface area contributed by atoms with E-state index in [1.165, 1.54) is 6.07 Å². The summed E-state index contributed by atoms with van der Waals surface area (Å²) in [4.78, 5) is 29.8. The number of hydrogen-bond acceptors (Lipinski definition) is 5. The van der Waals surface area contributed by atoms with Gasteiger partial charge in [0.2, 0.25) is 0 Å². The third kappa shape index (κ3) is 3.74. The molecule has 154 valence electrons. The Bertz CT molecular complexity index is 1450. The molecule has 2 aromatic heterocycles. The van der Waals surface area contributed by atoms with Crippen molar-refractivity contribution in [2.24, 2.45) is 5.73 Å². The molecule has 0 saturated carbocycles. The first-order chi connectivity index (χ1) is 14.9. The summed E-state index contributed by atoms with van der Waals surface area (Å²) in [6, 6.07) is 19.1. The summed E-state index contributed by atoms with van der Waals surface area (Å²) in [5, 5.41) is 13.3. The van der Waals surface area contributed by atoms with Crippen molar-refractivity contribution >= 4 is 48.8 Å². The Hall–Kier alpha value is -3.74. The van der Waals surface area contributed by atoms with Crippen molar-refractivity contribution in [1.29, 1.82) is 5.26 Å². The largest absolute Gasteiger partial charge is 0.361 e. The number of fused-ring (bicyclic) bond motifs is 1. The van der Waals surface area contributed by atoms with Crippen LogP contribution in [0.25, 0.3) is 15.1 Å². The van der Waals surface area contributed by atoms with Crippen LogP contribution in [0.3, 0.4) is 0 Å². The summed E-state index contributed by atoms with van der Waals surface area (Å²) >= 11 is 0. The van der Waals surface area contributed by atoms with Gasteiger partial charge < -0.3 is 11.1 Å². The SMILES string of the molecule is CS(=O)c1ccc(-[s+]2c(C(N)=O)c(Nc3ccccc3C#N)c3ccc(=O)[nH]c32)cc1. The molecule has 2 heterocycles. The highest BCUT2D eigenvalue weighted by Crippen LogP contribution is 2.49. The molecule has 2 aromatic carbocycles. The first-order valence-electron chi connectivity index (χ1n) is 9.12. The molecule has 9 heteroatoms. The number of amides is 1. The molecule has 4 rings (SSSR count). The highest BCUT2D eigenvalue weighted by atomic mass is 32.2. The molecule has 0 spiro atoms. The van der Waals surface area contributed by atoms with Crippen LogP contribution in [-0.2, 0) is 10.8 Å². The molecular formula is C22H17N4O3S2+. The highest BCUT2D eigenvalue weighted by Gasteiger charge is 2.34. The first kappa shape index (κ1) is 20.5. The molecule has 2 unspecified atom stereocenters. The molecule has 0 radical (unpaired) electrons. The maximum absolute atomic E-state index is 12.6. The zero-order valence-electron chi connectivity index (χ0n) is 16.3. The van der Waals surface area contributed by atoms with E-state index in [1.54, 1.807) is 60.9 Å². The number of anilines is 2. The van der Waals surface area contributed by atoms with Crippen molar-refractivity contribution in [3.63, 3.8) is 0 Å². The van der Waals surface area contributed by atoms with E-state index in [0.29, 0.717) is 36.9 Å². The Morgan fingerprint density at radius 1 is 1.13 bits per heavy atom. The van der Waals surface area contributed by atoms with E-state index in [4.69, 9.17) is 5.73 Å². The monoisotopic (exact) mass is 449 g/mol. The molecule has 7 nitrogen and oxygen atoms in total. The molecule has 31 heavy (non-hydrogen) atoms. The van der Waals surface area contributed by atoms with E-state index in [1.807, 2.05) is 0 Å². The fraction of sp³-hybridized carbons (Fsp3) is 0.0455. The predicted molar refractivity (Wildman–Crippen MR) is 124 cm³/mol. The summed E-state index contributed by atoms with van der Waals surface area (Å²) in [5.74, 6) is -0.638. The van der Waals surface area contributed by atoms with Crippen molar-refractivity contribution in [3.05, 3.63) is 81.5 Å². The molecule has 0 aliphatic rings. The van der Waals surface area contributed by atoms with Gasteiger partial charge >= 0.3 is 5.91 Å². The second-order valence-electron chi connectivity index (χ2n) is 6.65. The molecule has 4 N–H and O–H groups in total. The third-order valence-electron chi connectivity index (χ3n) is 4.71. The fourth-order valence-electron chi connectivity index (χ4n) is 3.32. The lowest BCUT2D eigenvalue weighted by Crippen LogP contribution is -2.12. The lowest BCUT2D eigenvalue weighted by molar-refractivity contribution is 0.100. The number of aromatic nitrogens is 1. The van der Waals surface area contributed by atoms with Gasteiger partial charge in [0.25, 0.3) is 15.3 Å². The van der Waals surface area contributed by atoms with Crippen molar-refractivity contribution in [3.8, 4) is 11.0 Å². The van der Waals surface area contributed by atoms with E-state index in [-0.39, 0.29) is 5.56 Å². The van der Waals surface area contributed by atoms with E-state index in [2.05, 4.69) is 16.4 Å². The van der Waals surface area contributed by atoms with Gasteiger partial charge in [0.1, 0.15) is 11.8 Å². The smallest absolute Gasteiger partial charge is 0.304 e. The standard InChI is InChI=1S/C22H16N4O3S2/c1-30(29)14-6-8-15(9-7-14)31-20(21(24)28)19(16-10-11-18(27)26-22(16)31)25-17-5-3-2-4-13(17)12-23/h2-11H,1H3,(H3-,24,25,26,27,28)/p+1. The molecule has 0 saturated heterocycles.